The molecule has 0 aliphatic heterocycles. The van der Waals surface area contributed by atoms with Gasteiger partial charge in [-0.3, -0.25) is 0 Å². The zero-order valence-electron chi connectivity index (χ0n) is 19.0. The Morgan fingerprint density at radius 2 is 1.41 bits per heavy atom. The maximum Gasteiger partial charge on any atom is 0.115 e. The van der Waals surface area contributed by atoms with E-state index in [9.17, 15) is 5.11 Å². The van der Waals surface area contributed by atoms with Crippen molar-refractivity contribution in [2.75, 3.05) is 0 Å². The van der Waals surface area contributed by atoms with Crippen molar-refractivity contribution in [3.8, 4) is 17.6 Å². The summed E-state index contributed by atoms with van der Waals surface area (Å²) in [6, 6.07) is 7.66. The molecule has 2 rings (SSSR count). The fourth-order valence-corrected chi connectivity index (χ4v) is 3.75. The van der Waals surface area contributed by atoms with Gasteiger partial charge in [0.25, 0.3) is 0 Å². The minimum atomic E-state index is 0.311. The van der Waals surface area contributed by atoms with E-state index in [4.69, 9.17) is 0 Å². The summed E-state index contributed by atoms with van der Waals surface area (Å²) in [5, 5.41) is 9.52. The number of benzene rings is 1. The number of rotatable bonds is 5. The molecule has 1 aromatic rings. The molecule has 0 heterocycles. The number of hydrogen-bond acceptors (Lipinski definition) is 1. The van der Waals surface area contributed by atoms with E-state index in [1.54, 1.807) is 12.1 Å². The first-order valence-electron chi connectivity index (χ1n) is 11.4. The summed E-state index contributed by atoms with van der Waals surface area (Å²) in [6.07, 6.45) is 9.43. The van der Waals surface area contributed by atoms with Crippen LogP contribution in [-0.2, 0) is 0 Å². The molecule has 27 heavy (non-hydrogen) atoms. The van der Waals surface area contributed by atoms with Crippen LogP contribution in [0, 0.1) is 29.6 Å². The predicted molar refractivity (Wildman–Crippen MR) is 121 cm³/mol. The number of phenolic OH excluding ortho intramolecular Hbond substituents is 1. The summed E-state index contributed by atoms with van der Waals surface area (Å²) in [7, 11) is 0. The molecule has 1 unspecified atom stereocenters. The molecular formula is C26H44O. The molecule has 0 spiro atoms. The van der Waals surface area contributed by atoms with E-state index in [0.29, 0.717) is 17.6 Å². The van der Waals surface area contributed by atoms with Crippen molar-refractivity contribution >= 4 is 0 Å². The van der Waals surface area contributed by atoms with Crippen LogP contribution < -0.4 is 0 Å². The average Bonchev–Trinajstić information content (AvgIpc) is 2.70. The summed E-state index contributed by atoms with van der Waals surface area (Å²) in [5.41, 5.74) is 1.26. The maximum atomic E-state index is 9.52. The molecule has 1 fully saturated rings. The van der Waals surface area contributed by atoms with Gasteiger partial charge in [0.1, 0.15) is 5.75 Å². The molecule has 0 aromatic heterocycles. The number of phenols is 1. The smallest absolute Gasteiger partial charge is 0.115 e. The van der Waals surface area contributed by atoms with E-state index >= 15 is 0 Å². The standard InChI is InChI=1S/C22H32O.2C2H6/c1-4-5-18-7-9-19(10-8-18)16-21(11-6-17(2)3)20-12-14-22(23)15-13-20;2*1-2/h12-15,17-19,21,23H,4-5,7-10,16H2,1-3H3;2*1-2H3. The summed E-state index contributed by atoms with van der Waals surface area (Å²) in [5.74, 6) is 9.70. The van der Waals surface area contributed by atoms with Crippen LogP contribution in [0.25, 0.3) is 0 Å². The van der Waals surface area contributed by atoms with E-state index in [1.807, 2.05) is 39.8 Å². The summed E-state index contributed by atoms with van der Waals surface area (Å²) < 4.78 is 0. The topological polar surface area (TPSA) is 20.2 Å². The lowest BCUT2D eigenvalue weighted by atomic mass is 9.76. The van der Waals surface area contributed by atoms with Crippen molar-refractivity contribution in [1.29, 1.82) is 0 Å². The number of aromatic hydroxyl groups is 1. The Bertz CT molecular complexity index is 509. The molecule has 1 saturated carbocycles. The first kappa shape index (κ1) is 25.6. The minimum absolute atomic E-state index is 0.311. The summed E-state index contributed by atoms with van der Waals surface area (Å²) in [6.45, 7) is 14.6. The van der Waals surface area contributed by atoms with Gasteiger partial charge in [-0.2, -0.15) is 0 Å². The Morgan fingerprint density at radius 3 is 1.89 bits per heavy atom. The van der Waals surface area contributed by atoms with Gasteiger partial charge in [-0.25, -0.2) is 0 Å². The summed E-state index contributed by atoms with van der Waals surface area (Å²) in [4.78, 5) is 0. The summed E-state index contributed by atoms with van der Waals surface area (Å²) >= 11 is 0. The van der Waals surface area contributed by atoms with Crippen LogP contribution in [0.3, 0.4) is 0 Å². The lowest BCUT2D eigenvalue weighted by molar-refractivity contribution is 0.248. The van der Waals surface area contributed by atoms with Gasteiger partial charge in [0.2, 0.25) is 0 Å². The van der Waals surface area contributed by atoms with E-state index < -0.39 is 0 Å². The fraction of sp³-hybridized carbons (Fsp3) is 0.692. The highest BCUT2D eigenvalue weighted by Gasteiger charge is 2.23. The second-order valence-electron chi connectivity index (χ2n) is 7.50. The van der Waals surface area contributed by atoms with Crippen molar-refractivity contribution in [3.05, 3.63) is 29.8 Å². The molecule has 154 valence electrons. The first-order chi connectivity index (χ1) is 13.1. The highest BCUT2D eigenvalue weighted by molar-refractivity contribution is 5.33. The van der Waals surface area contributed by atoms with Crippen LogP contribution >= 0.6 is 0 Å². The second-order valence-corrected chi connectivity index (χ2v) is 7.50. The van der Waals surface area contributed by atoms with Crippen molar-refractivity contribution in [2.45, 2.75) is 99.3 Å². The molecule has 1 N–H and O–H groups in total. The Labute approximate surface area is 170 Å². The highest BCUT2D eigenvalue weighted by Crippen LogP contribution is 2.37. The van der Waals surface area contributed by atoms with Gasteiger partial charge in [-0.15, -0.1) is 0 Å². The monoisotopic (exact) mass is 372 g/mol. The van der Waals surface area contributed by atoms with Crippen LogP contribution in [0.2, 0.25) is 0 Å². The van der Waals surface area contributed by atoms with Crippen molar-refractivity contribution in [3.63, 3.8) is 0 Å². The normalized spacial score (nSPS) is 19.6. The zero-order chi connectivity index (χ0) is 20.7. The molecule has 0 radical (unpaired) electrons. The van der Waals surface area contributed by atoms with E-state index in [-0.39, 0.29) is 0 Å². The van der Waals surface area contributed by atoms with E-state index in [2.05, 4.69) is 32.6 Å². The van der Waals surface area contributed by atoms with Gasteiger partial charge < -0.3 is 5.11 Å². The lowest BCUT2D eigenvalue weighted by Gasteiger charge is -2.30. The maximum absolute atomic E-state index is 9.52. The Kier molecular flexibility index (Phi) is 14.8. The quantitative estimate of drug-likeness (QED) is 0.516. The molecule has 1 aliphatic rings. The van der Waals surface area contributed by atoms with Gasteiger partial charge in [0.05, 0.1) is 0 Å². The Balaban J connectivity index is 0.00000158. The van der Waals surface area contributed by atoms with E-state index in [1.165, 1.54) is 50.5 Å². The molecule has 1 aromatic carbocycles. The number of hydrogen-bond donors (Lipinski definition) is 1. The average molecular weight is 373 g/mol. The van der Waals surface area contributed by atoms with Crippen LogP contribution in [0.4, 0.5) is 0 Å². The third-order valence-corrected chi connectivity index (χ3v) is 5.07. The van der Waals surface area contributed by atoms with Gasteiger partial charge in [0.15, 0.2) is 0 Å². The van der Waals surface area contributed by atoms with Gasteiger partial charge >= 0.3 is 0 Å². The molecule has 0 amide bonds. The highest BCUT2D eigenvalue weighted by atomic mass is 16.3. The van der Waals surface area contributed by atoms with Crippen LogP contribution in [-0.4, -0.2) is 5.11 Å². The van der Waals surface area contributed by atoms with Gasteiger partial charge in [-0.05, 0) is 36.0 Å². The van der Waals surface area contributed by atoms with Crippen molar-refractivity contribution in [1.82, 2.24) is 0 Å². The van der Waals surface area contributed by atoms with Gasteiger partial charge in [-0.1, -0.05) is 111 Å². The van der Waals surface area contributed by atoms with Crippen LogP contribution in [0.5, 0.6) is 5.75 Å². The Hall–Kier alpha value is -1.42. The van der Waals surface area contributed by atoms with E-state index in [0.717, 1.165) is 11.8 Å². The predicted octanol–water partition coefficient (Wildman–Crippen LogP) is 8.18. The minimum Gasteiger partial charge on any atom is -0.508 e. The van der Waals surface area contributed by atoms with Crippen molar-refractivity contribution < 1.29 is 5.11 Å². The SMILES string of the molecule is CC.CC.CCCC1CCC(CC(C#CC(C)C)c2ccc(O)cc2)CC1. The third kappa shape index (κ3) is 10.5. The molecule has 0 saturated heterocycles. The third-order valence-electron chi connectivity index (χ3n) is 5.07. The van der Waals surface area contributed by atoms with Crippen molar-refractivity contribution in [2.24, 2.45) is 17.8 Å². The molecule has 1 aliphatic carbocycles. The first-order valence-corrected chi connectivity index (χ1v) is 11.4. The molecular weight excluding hydrogens is 328 g/mol. The Morgan fingerprint density at radius 1 is 0.889 bits per heavy atom. The van der Waals surface area contributed by atoms with Gasteiger partial charge in [0, 0.05) is 11.8 Å². The van der Waals surface area contributed by atoms with Crippen LogP contribution in [0.15, 0.2) is 24.3 Å². The molecule has 1 nitrogen and oxygen atoms in total. The van der Waals surface area contributed by atoms with Crippen LogP contribution in [0.1, 0.15) is 105 Å². The fourth-order valence-electron chi connectivity index (χ4n) is 3.75. The molecule has 1 atom stereocenters. The lowest BCUT2D eigenvalue weighted by Crippen LogP contribution is -2.16. The zero-order valence-corrected chi connectivity index (χ0v) is 19.0. The molecule has 1 heteroatoms. The largest absolute Gasteiger partial charge is 0.508 e. The second kappa shape index (κ2) is 15.6. The molecule has 0 bridgehead atoms.